The van der Waals surface area contributed by atoms with Gasteiger partial charge in [-0.05, 0) is 65.4 Å². The van der Waals surface area contributed by atoms with E-state index in [2.05, 4.69) is 30.3 Å². The average Bonchev–Trinajstić information content (AvgIpc) is 3.23. The second-order valence-corrected chi connectivity index (χ2v) is 10.7. The Morgan fingerprint density at radius 2 is 1.95 bits per heavy atom. The zero-order chi connectivity index (χ0) is 25.7. The maximum absolute atomic E-state index is 13.9. The molecule has 0 unspecified atom stereocenters. The molecule has 1 aliphatic carbocycles. The van der Waals surface area contributed by atoms with Crippen molar-refractivity contribution in [2.75, 3.05) is 14.2 Å². The number of ether oxygens (including phenoxy) is 2. The number of aromatic hydroxyl groups is 1. The van der Waals surface area contributed by atoms with Crippen LogP contribution in [-0.2, 0) is 6.42 Å². The topological polar surface area (TPSA) is 73.1 Å². The number of aryl methyl sites for hydroxylation is 1. The van der Waals surface area contributed by atoms with Crippen molar-refractivity contribution >= 4 is 29.0 Å². The molecule has 1 N–H and O–H groups in total. The third kappa shape index (κ3) is 4.03. The van der Waals surface area contributed by atoms with E-state index in [1.54, 1.807) is 25.3 Å². The monoisotopic (exact) mass is 532 g/mol. The van der Waals surface area contributed by atoms with E-state index in [4.69, 9.17) is 26.1 Å². The van der Waals surface area contributed by atoms with Crippen LogP contribution in [-0.4, -0.2) is 23.9 Å². The van der Waals surface area contributed by atoms with Crippen molar-refractivity contribution < 1.29 is 14.6 Å². The number of methoxy groups -OCH3 is 2. The van der Waals surface area contributed by atoms with Crippen LogP contribution in [0.3, 0.4) is 0 Å². The second kappa shape index (κ2) is 9.39. The van der Waals surface area contributed by atoms with Crippen molar-refractivity contribution in [1.82, 2.24) is 4.57 Å². The molecule has 3 atom stereocenters. The minimum atomic E-state index is -0.176. The highest BCUT2D eigenvalue weighted by molar-refractivity contribution is 7.07. The largest absolute Gasteiger partial charge is 0.503 e. The molecule has 188 valence electrons. The molecule has 1 aliphatic heterocycles. The Balaban J connectivity index is 1.59. The van der Waals surface area contributed by atoms with Gasteiger partial charge in [-0.3, -0.25) is 14.4 Å². The molecule has 4 aromatic rings. The van der Waals surface area contributed by atoms with Gasteiger partial charge in [0.15, 0.2) is 16.3 Å². The lowest BCUT2D eigenvalue weighted by atomic mass is 9.74. The molecule has 3 aromatic carbocycles. The third-order valence-corrected chi connectivity index (χ3v) is 8.59. The molecule has 0 spiro atoms. The molecule has 0 fully saturated rings. The van der Waals surface area contributed by atoms with Gasteiger partial charge in [0.05, 0.1) is 35.9 Å². The average molecular weight is 533 g/mol. The maximum Gasteiger partial charge on any atom is 0.270 e. The Labute approximate surface area is 222 Å². The summed E-state index contributed by atoms with van der Waals surface area (Å²) in [7, 11) is 3.12. The van der Waals surface area contributed by atoms with Crippen LogP contribution >= 0.6 is 22.9 Å². The number of aromatic nitrogens is 1. The lowest BCUT2D eigenvalue weighted by molar-refractivity contribution is 0.252. The summed E-state index contributed by atoms with van der Waals surface area (Å²) in [6, 6.07) is 19.5. The molecule has 2 heterocycles. The minimum absolute atomic E-state index is 0.0322. The van der Waals surface area contributed by atoms with Crippen molar-refractivity contribution in [1.29, 1.82) is 0 Å². The Hall–Kier alpha value is -3.55. The highest BCUT2D eigenvalue weighted by Crippen LogP contribution is 2.46. The van der Waals surface area contributed by atoms with Crippen LogP contribution in [0.4, 0.5) is 0 Å². The number of thiazole rings is 1. The van der Waals surface area contributed by atoms with Crippen LogP contribution in [0.25, 0.3) is 6.08 Å². The van der Waals surface area contributed by atoms with Crippen LogP contribution in [0.5, 0.6) is 17.2 Å². The molecule has 0 bridgehead atoms. The molecule has 6 nitrogen and oxygen atoms in total. The lowest BCUT2D eigenvalue weighted by Gasteiger charge is -2.39. The maximum atomic E-state index is 13.9. The van der Waals surface area contributed by atoms with Gasteiger partial charge < -0.3 is 14.6 Å². The van der Waals surface area contributed by atoms with E-state index in [1.807, 2.05) is 22.8 Å². The van der Waals surface area contributed by atoms with Gasteiger partial charge in [0.2, 0.25) is 0 Å². The minimum Gasteiger partial charge on any atom is -0.503 e. The number of halogens is 1. The zero-order valence-electron chi connectivity index (χ0n) is 20.3. The van der Waals surface area contributed by atoms with Crippen molar-refractivity contribution in [2.45, 2.75) is 24.9 Å². The van der Waals surface area contributed by atoms with Crippen LogP contribution in [0.15, 0.2) is 70.5 Å². The first-order chi connectivity index (χ1) is 18.0. The fourth-order valence-electron chi connectivity index (χ4n) is 5.60. The first-order valence-electron chi connectivity index (χ1n) is 12.1. The molecule has 8 heteroatoms. The van der Waals surface area contributed by atoms with E-state index in [9.17, 15) is 9.90 Å². The van der Waals surface area contributed by atoms with Gasteiger partial charge in [0, 0.05) is 5.92 Å². The van der Waals surface area contributed by atoms with E-state index in [0.29, 0.717) is 14.9 Å². The Bertz CT molecular complexity index is 1690. The Morgan fingerprint density at radius 3 is 2.76 bits per heavy atom. The SMILES string of the molecule is COc1cccc([C@@H]2[C@@H]3CCc4ccccc4[C@@H]3N=c3s/c(=C\c4cc(Cl)c(O)c(OC)c4)c(=O)n32)c1. The Kier molecular flexibility index (Phi) is 6.05. The molecule has 0 saturated heterocycles. The summed E-state index contributed by atoms with van der Waals surface area (Å²) in [5, 5.41) is 10.3. The number of rotatable bonds is 4. The molecule has 37 heavy (non-hydrogen) atoms. The number of benzene rings is 3. The fourth-order valence-corrected chi connectivity index (χ4v) is 6.85. The van der Waals surface area contributed by atoms with Crippen LogP contribution in [0.2, 0.25) is 5.02 Å². The first kappa shape index (κ1) is 23.8. The molecule has 2 aliphatic rings. The van der Waals surface area contributed by atoms with Gasteiger partial charge >= 0.3 is 0 Å². The number of hydrogen-bond donors (Lipinski definition) is 1. The number of fused-ring (bicyclic) bond motifs is 4. The van der Waals surface area contributed by atoms with Gasteiger partial charge in [0.1, 0.15) is 5.75 Å². The predicted molar refractivity (Wildman–Crippen MR) is 145 cm³/mol. The van der Waals surface area contributed by atoms with Gasteiger partial charge in [-0.1, -0.05) is 59.3 Å². The van der Waals surface area contributed by atoms with Gasteiger partial charge in [0.25, 0.3) is 5.56 Å². The van der Waals surface area contributed by atoms with E-state index in [1.165, 1.54) is 29.6 Å². The van der Waals surface area contributed by atoms with E-state index in [0.717, 1.165) is 24.2 Å². The summed E-state index contributed by atoms with van der Waals surface area (Å²) in [5.41, 5.74) is 4.15. The summed E-state index contributed by atoms with van der Waals surface area (Å²) in [6.07, 6.45) is 3.66. The number of phenols is 1. The van der Waals surface area contributed by atoms with Gasteiger partial charge in [-0.15, -0.1) is 0 Å². The third-order valence-electron chi connectivity index (χ3n) is 7.30. The summed E-state index contributed by atoms with van der Waals surface area (Å²) >= 11 is 7.58. The van der Waals surface area contributed by atoms with Crippen LogP contribution in [0.1, 0.15) is 40.8 Å². The van der Waals surface area contributed by atoms with E-state index in [-0.39, 0.29) is 40.1 Å². The van der Waals surface area contributed by atoms with E-state index < -0.39 is 0 Å². The molecule has 0 radical (unpaired) electrons. The highest BCUT2D eigenvalue weighted by Gasteiger charge is 2.40. The number of phenolic OH excluding ortho intramolecular Hbond substituents is 1. The molecule has 6 rings (SSSR count). The molecule has 0 saturated carbocycles. The van der Waals surface area contributed by atoms with Crippen LogP contribution < -0.4 is 24.4 Å². The quantitative estimate of drug-likeness (QED) is 0.415. The van der Waals surface area contributed by atoms with Crippen molar-refractivity contribution in [3.05, 3.63) is 108 Å². The zero-order valence-corrected chi connectivity index (χ0v) is 21.9. The van der Waals surface area contributed by atoms with Crippen molar-refractivity contribution in [3.8, 4) is 17.2 Å². The fraction of sp³-hybridized carbons (Fsp3) is 0.241. The summed E-state index contributed by atoms with van der Waals surface area (Å²) < 4.78 is 13.2. The summed E-state index contributed by atoms with van der Waals surface area (Å²) in [5.74, 6) is 1.02. The predicted octanol–water partition coefficient (Wildman–Crippen LogP) is 4.64. The molecular formula is C29H25ClN2O4S. The van der Waals surface area contributed by atoms with Crippen LogP contribution in [0, 0.1) is 5.92 Å². The molecular weight excluding hydrogens is 508 g/mol. The molecule has 0 amide bonds. The van der Waals surface area contributed by atoms with Crippen molar-refractivity contribution in [2.24, 2.45) is 10.9 Å². The summed E-state index contributed by atoms with van der Waals surface area (Å²) in [4.78, 5) is 19.8. The standard InChI is InChI=1S/C29H25ClN2O4S/c1-35-19-8-5-7-18(15-19)26-21-11-10-17-6-3-4-9-20(17)25(21)31-29-32(26)28(34)24(37-29)14-16-12-22(30)27(33)23(13-16)36-2/h3-9,12-15,21,25-26,33H,10-11H2,1-2H3/b24-14-/t21-,25+,26-/m1/s1. The molecule has 1 aromatic heterocycles. The number of hydrogen-bond acceptors (Lipinski definition) is 6. The normalized spacial score (nSPS) is 20.4. The van der Waals surface area contributed by atoms with E-state index >= 15 is 0 Å². The lowest BCUT2D eigenvalue weighted by Crippen LogP contribution is -2.44. The first-order valence-corrected chi connectivity index (χ1v) is 13.3. The smallest absolute Gasteiger partial charge is 0.270 e. The summed E-state index contributed by atoms with van der Waals surface area (Å²) in [6.45, 7) is 0. The number of nitrogens with zero attached hydrogens (tertiary/aromatic N) is 2. The Morgan fingerprint density at radius 1 is 1.11 bits per heavy atom. The van der Waals surface area contributed by atoms with Crippen molar-refractivity contribution in [3.63, 3.8) is 0 Å². The van der Waals surface area contributed by atoms with Gasteiger partial charge in [-0.2, -0.15) is 0 Å². The highest BCUT2D eigenvalue weighted by atomic mass is 35.5. The van der Waals surface area contributed by atoms with Gasteiger partial charge in [-0.25, -0.2) is 0 Å². The second-order valence-electron chi connectivity index (χ2n) is 9.32.